The summed E-state index contributed by atoms with van der Waals surface area (Å²) in [6.07, 6.45) is 75.8. The molecule has 0 spiro atoms. The number of rotatable bonds is 65. The maximum absolute atomic E-state index is 13.6. The monoisotopic (exact) mass is 1160 g/mol. The number of carbonyl (C=O) groups is 2. The van der Waals surface area contributed by atoms with Crippen molar-refractivity contribution in [3.8, 4) is 0 Å². The standard InChI is InChI=1S/C71H137N2O7P/c1-7-10-13-16-19-22-25-28-30-32-34-35-36-37-39-40-42-45-48-51-54-57-60-63-70(74)72-68(67-79-81(76,77)78-66-65-73(4,5)6)69(62-59-56-53-50-47-44-27-24-21-18-15-12-9-3)80-71(75)64-61-58-55-52-49-46-43-41-38-33-31-29-26-23-20-17-14-11-8-2/h19,22,28,30,59,62,68-69H,7-18,20-21,23-27,29,31-58,60-61,63-67H2,1-6H3,(H-,72,74,76,77)/p+1/b22-19-,30-28-,62-59+. The number of allylic oxidation sites excluding steroid dienone is 5. The second kappa shape index (κ2) is 61.3. The van der Waals surface area contributed by atoms with Crippen molar-refractivity contribution in [2.45, 2.75) is 367 Å². The molecule has 0 aromatic heterocycles. The Hall–Kier alpha value is -1.77. The van der Waals surface area contributed by atoms with Crippen molar-refractivity contribution in [2.75, 3.05) is 40.9 Å². The van der Waals surface area contributed by atoms with Crippen LogP contribution < -0.4 is 5.32 Å². The van der Waals surface area contributed by atoms with E-state index in [4.69, 9.17) is 13.8 Å². The Labute approximate surface area is 504 Å². The normalized spacial score (nSPS) is 13.7. The van der Waals surface area contributed by atoms with Gasteiger partial charge >= 0.3 is 13.8 Å². The molecule has 2 N–H and O–H groups in total. The Balaban J connectivity index is 5.09. The molecule has 0 aliphatic carbocycles. The van der Waals surface area contributed by atoms with Crippen molar-refractivity contribution in [3.63, 3.8) is 0 Å². The van der Waals surface area contributed by atoms with Crippen molar-refractivity contribution < 1.29 is 37.3 Å². The Morgan fingerprint density at radius 1 is 0.432 bits per heavy atom. The molecule has 0 aliphatic rings. The summed E-state index contributed by atoms with van der Waals surface area (Å²) < 4.78 is 30.8. The van der Waals surface area contributed by atoms with Gasteiger partial charge in [-0.25, -0.2) is 4.57 Å². The van der Waals surface area contributed by atoms with Crippen LogP contribution in [0.2, 0.25) is 0 Å². The molecule has 1 amide bonds. The van der Waals surface area contributed by atoms with Gasteiger partial charge in [-0.2, -0.15) is 0 Å². The highest BCUT2D eigenvalue weighted by atomic mass is 31.2. The summed E-state index contributed by atoms with van der Waals surface area (Å²) in [5.74, 6) is -0.485. The lowest BCUT2D eigenvalue weighted by molar-refractivity contribution is -0.870. The van der Waals surface area contributed by atoms with Gasteiger partial charge in [-0.3, -0.25) is 18.6 Å². The van der Waals surface area contributed by atoms with E-state index in [0.717, 1.165) is 64.2 Å². The maximum Gasteiger partial charge on any atom is 0.472 e. The number of unbranched alkanes of at least 4 members (excludes halogenated alkanes) is 45. The number of phosphoric ester groups is 1. The molecule has 0 radical (unpaired) electrons. The van der Waals surface area contributed by atoms with E-state index in [-0.39, 0.29) is 25.1 Å². The predicted molar refractivity (Wildman–Crippen MR) is 351 cm³/mol. The fourth-order valence-corrected chi connectivity index (χ4v) is 11.4. The molecule has 0 heterocycles. The molecule has 0 aromatic carbocycles. The number of amides is 1. The first kappa shape index (κ1) is 79.2. The van der Waals surface area contributed by atoms with Crippen LogP contribution in [0.25, 0.3) is 0 Å². The molecule has 0 aromatic rings. The fourth-order valence-electron chi connectivity index (χ4n) is 10.6. The van der Waals surface area contributed by atoms with Gasteiger partial charge in [-0.05, 0) is 63.9 Å². The molecule has 9 nitrogen and oxygen atoms in total. The number of esters is 1. The highest BCUT2D eigenvalue weighted by molar-refractivity contribution is 7.47. The SMILES string of the molecule is CCCCC/C=C\C/C=C\CCCCCCCCCCCCCCCC(=O)NC(COP(=O)(O)OCC[N+](C)(C)C)C(/C=C/CCCCCCCCCCCCC)OC(=O)CCCCCCCCCCCCCCCCCCCCC. The van der Waals surface area contributed by atoms with Crippen LogP contribution in [0.5, 0.6) is 0 Å². The van der Waals surface area contributed by atoms with E-state index in [0.29, 0.717) is 23.9 Å². The van der Waals surface area contributed by atoms with Crippen LogP contribution in [0.1, 0.15) is 355 Å². The van der Waals surface area contributed by atoms with Gasteiger partial charge in [0.15, 0.2) is 0 Å². The summed E-state index contributed by atoms with van der Waals surface area (Å²) >= 11 is 0. The fraction of sp³-hybridized carbons (Fsp3) is 0.887. The van der Waals surface area contributed by atoms with Crippen LogP contribution in [-0.2, 0) is 27.9 Å². The molecule has 0 saturated heterocycles. The molecule has 81 heavy (non-hydrogen) atoms. The molecule has 0 saturated carbocycles. The first-order valence-corrected chi connectivity index (χ1v) is 36.8. The molecule has 0 bridgehead atoms. The van der Waals surface area contributed by atoms with Crippen molar-refractivity contribution >= 4 is 19.7 Å². The minimum atomic E-state index is -4.45. The molecule has 10 heteroatoms. The molecule has 3 atom stereocenters. The van der Waals surface area contributed by atoms with E-state index in [1.54, 1.807) is 0 Å². The number of quaternary nitrogens is 1. The van der Waals surface area contributed by atoms with Gasteiger partial charge in [0.25, 0.3) is 0 Å². The molecule has 0 rings (SSSR count). The van der Waals surface area contributed by atoms with Crippen LogP contribution in [0.4, 0.5) is 0 Å². The molecule has 0 aliphatic heterocycles. The maximum atomic E-state index is 13.6. The molecule has 478 valence electrons. The summed E-state index contributed by atoms with van der Waals surface area (Å²) in [7, 11) is 1.51. The van der Waals surface area contributed by atoms with Gasteiger partial charge in [0.1, 0.15) is 19.3 Å². The summed E-state index contributed by atoms with van der Waals surface area (Å²) in [6, 6.07) is -0.845. The minimum Gasteiger partial charge on any atom is -0.456 e. The van der Waals surface area contributed by atoms with Gasteiger partial charge in [-0.15, -0.1) is 0 Å². The van der Waals surface area contributed by atoms with Crippen LogP contribution >= 0.6 is 7.82 Å². The second-order valence-corrected chi connectivity index (χ2v) is 26.9. The van der Waals surface area contributed by atoms with Crippen LogP contribution in [0.15, 0.2) is 36.5 Å². The average Bonchev–Trinajstić information content (AvgIpc) is 3.44. The van der Waals surface area contributed by atoms with Gasteiger partial charge in [-0.1, -0.05) is 314 Å². The van der Waals surface area contributed by atoms with Crippen LogP contribution in [0, 0.1) is 0 Å². The average molecular weight is 1160 g/mol. The third-order valence-corrected chi connectivity index (χ3v) is 17.1. The van der Waals surface area contributed by atoms with E-state index in [9.17, 15) is 19.0 Å². The predicted octanol–water partition coefficient (Wildman–Crippen LogP) is 22.2. The zero-order valence-corrected chi connectivity index (χ0v) is 55.7. The lowest BCUT2D eigenvalue weighted by Gasteiger charge is -2.27. The highest BCUT2D eigenvalue weighted by Gasteiger charge is 2.30. The number of nitrogens with one attached hydrogen (secondary N) is 1. The number of carbonyl (C=O) groups excluding carboxylic acids is 2. The number of ether oxygens (including phenoxy) is 1. The molecular formula is C71H138N2O7P+. The van der Waals surface area contributed by atoms with Crippen LogP contribution in [0.3, 0.4) is 0 Å². The van der Waals surface area contributed by atoms with Crippen LogP contribution in [-0.4, -0.2) is 74.3 Å². The molecule has 0 fully saturated rings. The van der Waals surface area contributed by atoms with E-state index in [1.807, 2.05) is 27.2 Å². The quantitative estimate of drug-likeness (QED) is 0.0205. The third-order valence-electron chi connectivity index (χ3n) is 16.1. The van der Waals surface area contributed by atoms with Crippen molar-refractivity contribution in [2.24, 2.45) is 0 Å². The van der Waals surface area contributed by atoms with E-state index in [2.05, 4.69) is 56.5 Å². The minimum absolute atomic E-state index is 0.0432. The van der Waals surface area contributed by atoms with Crippen molar-refractivity contribution in [1.29, 1.82) is 0 Å². The van der Waals surface area contributed by atoms with E-state index >= 15 is 0 Å². The zero-order chi connectivity index (χ0) is 59.3. The zero-order valence-electron chi connectivity index (χ0n) is 54.8. The number of likely N-dealkylation sites (N-methyl/N-ethyl adjacent to an activating group) is 1. The number of nitrogens with zero attached hydrogens (tertiary/aromatic N) is 1. The number of hydrogen-bond donors (Lipinski definition) is 2. The Morgan fingerprint density at radius 2 is 0.753 bits per heavy atom. The smallest absolute Gasteiger partial charge is 0.456 e. The van der Waals surface area contributed by atoms with Gasteiger partial charge in [0, 0.05) is 12.8 Å². The Bertz CT molecular complexity index is 1480. The first-order chi connectivity index (χ1) is 39.4. The number of hydrogen-bond acceptors (Lipinski definition) is 6. The largest absolute Gasteiger partial charge is 0.472 e. The summed E-state index contributed by atoms with van der Waals surface area (Å²) in [6.45, 7) is 7.05. The molecular weight excluding hydrogens is 1020 g/mol. The van der Waals surface area contributed by atoms with Gasteiger partial charge in [0.05, 0.1) is 33.8 Å². The summed E-state index contributed by atoms with van der Waals surface area (Å²) in [4.78, 5) is 37.9. The Kier molecular flexibility index (Phi) is 60.0. The van der Waals surface area contributed by atoms with E-state index in [1.165, 1.54) is 257 Å². The molecule has 3 unspecified atom stereocenters. The second-order valence-electron chi connectivity index (χ2n) is 25.4. The lowest BCUT2D eigenvalue weighted by atomic mass is 10.0. The first-order valence-electron chi connectivity index (χ1n) is 35.3. The lowest BCUT2D eigenvalue weighted by Crippen LogP contribution is -2.47. The number of phosphoric acid groups is 1. The Morgan fingerprint density at radius 3 is 1.14 bits per heavy atom. The van der Waals surface area contributed by atoms with Crippen molar-refractivity contribution in [3.05, 3.63) is 36.5 Å². The topological polar surface area (TPSA) is 111 Å². The van der Waals surface area contributed by atoms with Crippen molar-refractivity contribution in [1.82, 2.24) is 5.32 Å². The van der Waals surface area contributed by atoms with Gasteiger partial charge < -0.3 is 19.4 Å². The third kappa shape index (κ3) is 62.6. The van der Waals surface area contributed by atoms with Gasteiger partial charge in [0.2, 0.25) is 5.91 Å². The summed E-state index contributed by atoms with van der Waals surface area (Å²) in [5, 5.41) is 3.08. The highest BCUT2D eigenvalue weighted by Crippen LogP contribution is 2.43. The summed E-state index contributed by atoms with van der Waals surface area (Å²) in [5.41, 5.74) is 0. The van der Waals surface area contributed by atoms with E-state index < -0.39 is 20.0 Å².